The molecule has 1 aromatic rings. The monoisotopic (exact) mass is 260 g/mol. The van der Waals surface area contributed by atoms with Crippen LogP contribution in [0.15, 0.2) is 18.2 Å². The summed E-state index contributed by atoms with van der Waals surface area (Å²) in [6, 6.07) is 6.28. The number of aryl methyl sites for hydroxylation is 1. The van der Waals surface area contributed by atoms with Crippen LogP contribution >= 0.6 is 0 Å². The minimum atomic E-state index is -0.313. The first-order chi connectivity index (χ1) is 9.25. The highest BCUT2D eigenvalue weighted by Gasteiger charge is 2.39. The van der Waals surface area contributed by atoms with Crippen molar-refractivity contribution >= 4 is 0 Å². The zero-order valence-electron chi connectivity index (χ0n) is 11.8. The normalized spacial score (nSPS) is 22.6. The van der Waals surface area contributed by atoms with Crippen LogP contribution in [-0.4, -0.2) is 11.7 Å². The fourth-order valence-corrected chi connectivity index (χ4v) is 3.80. The number of benzene rings is 1. The quantitative estimate of drug-likeness (QED) is 0.889. The second-order valence-corrected chi connectivity index (χ2v) is 6.14. The van der Waals surface area contributed by atoms with Gasteiger partial charge < -0.3 is 9.84 Å². The van der Waals surface area contributed by atoms with E-state index in [1.807, 2.05) is 6.07 Å². The average molecular weight is 260 g/mol. The van der Waals surface area contributed by atoms with Gasteiger partial charge in [0.15, 0.2) is 0 Å². The fourth-order valence-electron chi connectivity index (χ4n) is 3.80. The van der Waals surface area contributed by atoms with Gasteiger partial charge in [-0.2, -0.15) is 0 Å². The van der Waals surface area contributed by atoms with Crippen molar-refractivity contribution in [2.24, 2.45) is 5.41 Å². The molecule has 19 heavy (non-hydrogen) atoms. The van der Waals surface area contributed by atoms with E-state index in [-0.39, 0.29) is 11.5 Å². The maximum absolute atomic E-state index is 10.8. The lowest BCUT2D eigenvalue weighted by Crippen LogP contribution is -2.25. The molecule has 0 aromatic heterocycles. The van der Waals surface area contributed by atoms with Crippen molar-refractivity contribution in [1.29, 1.82) is 0 Å². The van der Waals surface area contributed by atoms with Crippen LogP contribution in [0.1, 0.15) is 62.7 Å². The predicted molar refractivity (Wildman–Crippen MR) is 76.4 cm³/mol. The molecule has 1 fully saturated rings. The van der Waals surface area contributed by atoms with Gasteiger partial charge in [0.1, 0.15) is 5.75 Å². The standard InChI is InChI=1S/C17H24O2/c1-2-17(9-3-4-10-17)16(18)14-7-8-15-13(12-14)6-5-11-19-15/h7-8,12,16,18H,2-6,9-11H2,1H3. The molecule has 0 spiro atoms. The summed E-state index contributed by atoms with van der Waals surface area (Å²) >= 11 is 0. The van der Waals surface area contributed by atoms with Gasteiger partial charge in [-0.25, -0.2) is 0 Å². The fraction of sp³-hybridized carbons (Fsp3) is 0.647. The number of aliphatic hydroxyl groups is 1. The van der Waals surface area contributed by atoms with Gasteiger partial charge in [-0.15, -0.1) is 0 Å². The Kier molecular flexibility index (Phi) is 3.53. The molecule has 1 heterocycles. The molecule has 0 amide bonds. The lowest BCUT2D eigenvalue weighted by atomic mass is 9.75. The van der Waals surface area contributed by atoms with Crippen molar-refractivity contribution in [2.45, 2.75) is 58.0 Å². The minimum Gasteiger partial charge on any atom is -0.493 e. The Hall–Kier alpha value is -1.02. The van der Waals surface area contributed by atoms with Crippen LogP contribution in [0.25, 0.3) is 0 Å². The highest BCUT2D eigenvalue weighted by atomic mass is 16.5. The van der Waals surface area contributed by atoms with Gasteiger partial charge in [0, 0.05) is 5.41 Å². The molecule has 104 valence electrons. The van der Waals surface area contributed by atoms with Crippen molar-refractivity contribution in [2.75, 3.05) is 6.61 Å². The maximum Gasteiger partial charge on any atom is 0.122 e. The summed E-state index contributed by atoms with van der Waals surface area (Å²) in [5.41, 5.74) is 2.48. The van der Waals surface area contributed by atoms with E-state index >= 15 is 0 Å². The Morgan fingerprint density at radius 2 is 2.05 bits per heavy atom. The zero-order chi connectivity index (χ0) is 13.3. The van der Waals surface area contributed by atoms with Crippen molar-refractivity contribution in [1.82, 2.24) is 0 Å². The molecule has 1 N–H and O–H groups in total. The Labute approximate surface area is 115 Å². The van der Waals surface area contributed by atoms with Crippen molar-refractivity contribution in [3.8, 4) is 5.75 Å². The minimum absolute atomic E-state index is 0.115. The van der Waals surface area contributed by atoms with Crippen molar-refractivity contribution < 1.29 is 9.84 Å². The van der Waals surface area contributed by atoms with E-state index in [0.717, 1.165) is 50.0 Å². The molecule has 2 heteroatoms. The van der Waals surface area contributed by atoms with Crippen molar-refractivity contribution in [3.05, 3.63) is 29.3 Å². The van der Waals surface area contributed by atoms with Gasteiger partial charge in [-0.05, 0) is 55.4 Å². The number of aliphatic hydroxyl groups excluding tert-OH is 1. The maximum atomic E-state index is 10.8. The highest BCUT2D eigenvalue weighted by molar-refractivity contribution is 5.39. The summed E-state index contributed by atoms with van der Waals surface area (Å²) in [7, 11) is 0. The van der Waals surface area contributed by atoms with Gasteiger partial charge in [0.05, 0.1) is 12.7 Å². The Morgan fingerprint density at radius 3 is 2.79 bits per heavy atom. The van der Waals surface area contributed by atoms with Crippen LogP contribution in [0, 0.1) is 5.41 Å². The highest BCUT2D eigenvalue weighted by Crippen LogP contribution is 2.50. The molecule has 2 nitrogen and oxygen atoms in total. The van der Waals surface area contributed by atoms with Crippen LogP contribution in [-0.2, 0) is 6.42 Å². The van der Waals surface area contributed by atoms with Gasteiger partial charge >= 0.3 is 0 Å². The molecule has 1 aliphatic heterocycles. The average Bonchev–Trinajstić information content (AvgIpc) is 2.96. The van der Waals surface area contributed by atoms with E-state index in [1.165, 1.54) is 18.4 Å². The third-order valence-corrected chi connectivity index (χ3v) is 5.13. The molecule has 1 atom stereocenters. The van der Waals surface area contributed by atoms with Gasteiger partial charge in [0.2, 0.25) is 0 Å². The van der Waals surface area contributed by atoms with E-state index in [2.05, 4.69) is 19.1 Å². The number of fused-ring (bicyclic) bond motifs is 1. The van der Waals surface area contributed by atoms with Crippen LogP contribution in [0.5, 0.6) is 5.75 Å². The molecule has 1 unspecified atom stereocenters. The molecule has 0 saturated heterocycles. The molecule has 1 aromatic carbocycles. The van der Waals surface area contributed by atoms with Crippen LogP contribution in [0.2, 0.25) is 0 Å². The first-order valence-electron chi connectivity index (χ1n) is 7.69. The first kappa shape index (κ1) is 13.0. The zero-order valence-corrected chi connectivity index (χ0v) is 11.8. The summed E-state index contributed by atoms with van der Waals surface area (Å²) < 4.78 is 5.65. The second kappa shape index (κ2) is 5.16. The SMILES string of the molecule is CCC1(C(O)c2ccc3c(c2)CCCO3)CCCC1. The second-order valence-electron chi connectivity index (χ2n) is 6.14. The van der Waals surface area contributed by atoms with E-state index in [0.29, 0.717) is 0 Å². The topological polar surface area (TPSA) is 29.5 Å². The molecule has 0 radical (unpaired) electrons. The van der Waals surface area contributed by atoms with E-state index in [1.54, 1.807) is 0 Å². The van der Waals surface area contributed by atoms with E-state index in [9.17, 15) is 5.11 Å². The molecular weight excluding hydrogens is 236 g/mol. The van der Waals surface area contributed by atoms with Gasteiger partial charge in [0.25, 0.3) is 0 Å². The Bertz CT molecular complexity index is 447. The lowest BCUT2D eigenvalue weighted by Gasteiger charge is -2.34. The van der Waals surface area contributed by atoms with Gasteiger partial charge in [-0.1, -0.05) is 25.8 Å². The molecular formula is C17H24O2. The smallest absolute Gasteiger partial charge is 0.122 e. The van der Waals surface area contributed by atoms with Crippen LogP contribution < -0.4 is 4.74 Å². The molecule has 1 saturated carbocycles. The summed E-state index contributed by atoms with van der Waals surface area (Å²) in [5.74, 6) is 1.01. The number of ether oxygens (including phenoxy) is 1. The molecule has 1 aliphatic carbocycles. The summed E-state index contributed by atoms with van der Waals surface area (Å²) in [5, 5.41) is 10.8. The summed E-state index contributed by atoms with van der Waals surface area (Å²) in [6.07, 6.45) is 7.78. The summed E-state index contributed by atoms with van der Waals surface area (Å²) in [4.78, 5) is 0. The van der Waals surface area contributed by atoms with E-state index in [4.69, 9.17) is 4.74 Å². The molecule has 0 bridgehead atoms. The first-order valence-corrected chi connectivity index (χ1v) is 7.69. The van der Waals surface area contributed by atoms with E-state index < -0.39 is 0 Å². The molecule has 3 rings (SSSR count). The third-order valence-electron chi connectivity index (χ3n) is 5.13. The van der Waals surface area contributed by atoms with Crippen molar-refractivity contribution in [3.63, 3.8) is 0 Å². The predicted octanol–water partition coefficient (Wildman–Crippen LogP) is 4.02. The lowest BCUT2D eigenvalue weighted by molar-refractivity contribution is 0.0236. The van der Waals surface area contributed by atoms with Crippen LogP contribution in [0.3, 0.4) is 0 Å². The number of rotatable bonds is 3. The Balaban J connectivity index is 1.88. The summed E-state index contributed by atoms with van der Waals surface area (Å²) in [6.45, 7) is 3.05. The number of hydrogen-bond acceptors (Lipinski definition) is 2. The molecule has 2 aliphatic rings. The Morgan fingerprint density at radius 1 is 1.26 bits per heavy atom. The largest absolute Gasteiger partial charge is 0.493 e. The van der Waals surface area contributed by atoms with Gasteiger partial charge in [-0.3, -0.25) is 0 Å². The third kappa shape index (κ3) is 2.27. The number of hydrogen-bond donors (Lipinski definition) is 1. The van der Waals surface area contributed by atoms with Crippen LogP contribution in [0.4, 0.5) is 0 Å².